The molecule has 1 N–H and O–H groups in total. The van der Waals surface area contributed by atoms with Crippen molar-refractivity contribution in [3.63, 3.8) is 0 Å². The lowest BCUT2D eigenvalue weighted by molar-refractivity contribution is -0.118. The van der Waals surface area contributed by atoms with Crippen molar-refractivity contribution in [2.24, 2.45) is 5.10 Å². The maximum Gasteiger partial charge on any atom is 0.282 e. The van der Waals surface area contributed by atoms with E-state index in [1.165, 1.54) is 28.9 Å². The van der Waals surface area contributed by atoms with Gasteiger partial charge in [0.1, 0.15) is 5.82 Å². The number of aromatic nitrogens is 2. The molecule has 0 atom stereocenters. The Hall–Kier alpha value is -4.58. The number of nitrogens with zero attached hydrogens (tertiary/aromatic N) is 3. The summed E-state index contributed by atoms with van der Waals surface area (Å²) in [5, 5.41) is 7.65. The highest BCUT2D eigenvalue weighted by atomic mass is 127. The van der Waals surface area contributed by atoms with Crippen LogP contribution in [0.15, 0.2) is 101 Å². The summed E-state index contributed by atoms with van der Waals surface area (Å²) in [6.07, 6.45) is 1.56. The van der Waals surface area contributed by atoms with Crippen LogP contribution in [-0.4, -0.2) is 35.0 Å². The Bertz CT molecular complexity index is 1790. The van der Waals surface area contributed by atoms with Crippen LogP contribution >= 0.6 is 22.6 Å². The number of amides is 1. The van der Waals surface area contributed by atoms with Crippen LogP contribution < -0.4 is 20.3 Å². The molecule has 0 aliphatic carbocycles. The summed E-state index contributed by atoms with van der Waals surface area (Å²) in [6, 6.07) is 25.5. The van der Waals surface area contributed by atoms with Crippen molar-refractivity contribution in [1.82, 2.24) is 9.66 Å². The van der Waals surface area contributed by atoms with Gasteiger partial charge in [0.05, 0.1) is 27.3 Å². The van der Waals surface area contributed by atoms with Gasteiger partial charge in [0.2, 0.25) is 0 Å². The maximum atomic E-state index is 13.4. The van der Waals surface area contributed by atoms with E-state index in [-0.39, 0.29) is 12.2 Å². The average molecular weight is 662 g/mol. The van der Waals surface area contributed by atoms with E-state index in [0.717, 1.165) is 5.56 Å². The fraction of sp³-hybridized carbons (Fsp3) is 0.0968. The Morgan fingerprint density at radius 1 is 1.02 bits per heavy atom. The van der Waals surface area contributed by atoms with Gasteiger partial charge >= 0.3 is 0 Å². The van der Waals surface area contributed by atoms with E-state index < -0.39 is 11.7 Å². The van der Waals surface area contributed by atoms with Gasteiger partial charge in [0.15, 0.2) is 23.9 Å². The Morgan fingerprint density at radius 3 is 2.51 bits per heavy atom. The highest BCUT2D eigenvalue weighted by Crippen LogP contribution is 2.34. The minimum atomic E-state index is -0.405. The summed E-state index contributed by atoms with van der Waals surface area (Å²) < 4.78 is 26.7. The first kappa shape index (κ1) is 28.0. The number of carbonyl (C=O) groups is 1. The monoisotopic (exact) mass is 662 g/mol. The first-order chi connectivity index (χ1) is 19.9. The zero-order valence-corrected chi connectivity index (χ0v) is 24.0. The van der Waals surface area contributed by atoms with Crippen LogP contribution in [0, 0.1) is 9.39 Å². The average Bonchev–Trinajstić information content (AvgIpc) is 2.98. The highest BCUT2D eigenvalue weighted by Gasteiger charge is 2.15. The number of benzene rings is 4. The molecule has 4 aromatic carbocycles. The number of carbonyl (C=O) groups excluding carboxylic acids is 1. The van der Waals surface area contributed by atoms with E-state index in [1.54, 1.807) is 30.5 Å². The van der Waals surface area contributed by atoms with Crippen molar-refractivity contribution in [3.05, 3.63) is 116 Å². The van der Waals surface area contributed by atoms with Crippen molar-refractivity contribution in [1.29, 1.82) is 0 Å². The molecule has 0 bridgehead atoms. The Labute approximate surface area is 248 Å². The molecule has 41 heavy (non-hydrogen) atoms. The maximum absolute atomic E-state index is 13.4. The predicted octanol–water partition coefficient (Wildman–Crippen LogP) is 6.11. The molecule has 0 spiro atoms. The molecule has 5 aromatic rings. The van der Waals surface area contributed by atoms with Gasteiger partial charge in [-0.25, -0.2) is 9.37 Å². The number of nitrogens with one attached hydrogen (secondary N) is 1. The second kappa shape index (κ2) is 12.7. The number of para-hydroxylation sites is 1. The topological polar surface area (TPSA) is 94.8 Å². The fourth-order valence-corrected chi connectivity index (χ4v) is 4.84. The number of fused-ring (bicyclic) bond motifs is 1. The molecule has 0 aliphatic rings. The summed E-state index contributed by atoms with van der Waals surface area (Å²) in [6.45, 7) is 1.92. The fourth-order valence-electron chi connectivity index (χ4n) is 4.06. The Kier molecular flexibility index (Phi) is 8.68. The molecular formula is C31H24FIN4O4. The Morgan fingerprint density at radius 2 is 1.76 bits per heavy atom. The first-order valence-electron chi connectivity index (χ1n) is 12.7. The number of hydrogen-bond acceptors (Lipinski definition) is 6. The van der Waals surface area contributed by atoms with Crippen molar-refractivity contribution < 1.29 is 18.7 Å². The normalized spacial score (nSPS) is 11.1. The molecule has 8 nitrogen and oxygen atoms in total. The van der Waals surface area contributed by atoms with E-state index in [9.17, 15) is 14.0 Å². The minimum absolute atomic E-state index is 0.278. The van der Waals surface area contributed by atoms with Crippen LogP contribution in [0.25, 0.3) is 22.3 Å². The van der Waals surface area contributed by atoms with Crippen molar-refractivity contribution in [2.75, 3.05) is 18.5 Å². The number of rotatable bonds is 9. The zero-order chi connectivity index (χ0) is 28.8. The van der Waals surface area contributed by atoms with E-state index in [1.807, 2.05) is 49.4 Å². The molecule has 1 amide bonds. The quantitative estimate of drug-likeness (QED) is 0.152. The summed E-state index contributed by atoms with van der Waals surface area (Å²) in [5.74, 6) is 0.433. The molecule has 0 fully saturated rings. The SMILES string of the molecule is CCOc1cc(C=Nn2c(-c3ccccc3)nc3ccccc3c2=O)cc(I)c1OCC(=O)Nc1ccc(F)cc1. The summed E-state index contributed by atoms with van der Waals surface area (Å²) in [5.41, 5.74) is 2.15. The molecule has 5 rings (SSSR count). The van der Waals surface area contributed by atoms with Crippen molar-refractivity contribution >= 4 is 51.3 Å². The number of ether oxygens (including phenoxy) is 2. The van der Waals surface area contributed by atoms with Crippen LogP contribution in [0.5, 0.6) is 11.5 Å². The van der Waals surface area contributed by atoms with Crippen LogP contribution in [0.2, 0.25) is 0 Å². The summed E-state index contributed by atoms with van der Waals surface area (Å²) in [4.78, 5) is 30.6. The van der Waals surface area contributed by atoms with E-state index in [4.69, 9.17) is 14.5 Å². The standard InChI is InChI=1S/C31H24FIN4O4/c1-2-40-27-17-20(16-25(33)29(27)41-19-28(38)35-23-14-12-22(32)13-15-23)18-34-37-30(21-8-4-3-5-9-21)36-26-11-7-6-10-24(26)31(37)39/h3-18H,2,19H2,1H3,(H,35,38). The summed E-state index contributed by atoms with van der Waals surface area (Å²) in [7, 11) is 0. The molecule has 0 unspecified atom stereocenters. The first-order valence-corrected chi connectivity index (χ1v) is 13.8. The van der Waals surface area contributed by atoms with Gasteiger partial charge < -0.3 is 14.8 Å². The molecule has 206 valence electrons. The molecular weight excluding hydrogens is 638 g/mol. The Balaban J connectivity index is 1.44. The number of hydrogen-bond donors (Lipinski definition) is 1. The van der Waals surface area contributed by atoms with Gasteiger partial charge in [0, 0.05) is 11.3 Å². The molecule has 0 aliphatic heterocycles. The summed E-state index contributed by atoms with van der Waals surface area (Å²) >= 11 is 2.09. The van der Waals surface area contributed by atoms with E-state index >= 15 is 0 Å². The smallest absolute Gasteiger partial charge is 0.282 e. The van der Waals surface area contributed by atoms with Gasteiger partial charge in [-0.05, 0) is 83.6 Å². The third-order valence-corrected chi connectivity index (χ3v) is 6.72. The zero-order valence-electron chi connectivity index (χ0n) is 21.9. The van der Waals surface area contributed by atoms with Gasteiger partial charge in [-0.2, -0.15) is 9.78 Å². The number of halogens is 2. The lowest BCUT2D eigenvalue weighted by Gasteiger charge is -2.15. The van der Waals surface area contributed by atoms with Gasteiger partial charge in [-0.15, -0.1) is 0 Å². The van der Waals surface area contributed by atoms with Crippen LogP contribution in [0.3, 0.4) is 0 Å². The third kappa shape index (κ3) is 6.60. The third-order valence-electron chi connectivity index (χ3n) is 5.92. The molecule has 10 heteroatoms. The molecule has 0 saturated carbocycles. The minimum Gasteiger partial charge on any atom is -0.490 e. The second-order valence-corrected chi connectivity index (χ2v) is 9.95. The highest BCUT2D eigenvalue weighted by molar-refractivity contribution is 14.1. The van der Waals surface area contributed by atoms with Crippen LogP contribution in [0.4, 0.5) is 10.1 Å². The predicted molar refractivity (Wildman–Crippen MR) is 165 cm³/mol. The lowest BCUT2D eigenvalue weighted by Crippen LogP contribution is -2.21. The van der Waals surface area contributed by atoms with E-state index in [2.05, 4.69) is 33.0 Å². The largest absolute Gasteiger partial charge is 0.490 e. The van der Waals surface area contributed by atoms with Crippen molar-refractivity contribution in [2.45, 2.75) is 6.92 Å². The van der Waals surface area contributed by atoms with Crippen LogP contribution in [-0.2, 0) is 4.79 Å². The molecule has 1 aromatic heterocycles. The van der Waals surface area contributed by atoms with Gasteiger partial charge in [-0.3, -0.25) is 9.59 Å². The molecule has 0 saturated heterocycles. The van der Waals surface area contributed by atoms with Gasteiger partial charge in [-0.1, -0.05) is 42.5 Å². The number of anilines is 1. The molecule has 0 radical (unpaired) electrons. The van der Waals surface area contributed by atoms with Gasteiger partial charge in [0.25, 0.3) is 11.5 Å². The lowest BCUT2D eigenvalue weighted by atomic mass is 10.2. The van der Waals surface area contributed by atoms with Crippen molar-refractivity contribution in [3.8, 4) is 22.9 Å². The second-order valence-electron chi connectivity index (χ2n) is 8.79. The molecule has 1 heterocycles. The van der Waals surface area contributed by atoms with Crippen LogP contribution in [0.1, 0.15) is 12.5 Å². The van der Waals surface area contributed by atoms with E-state index in [0.29, 0.717) is 49.7 Å².